The van der Waals surface area contributed by atoms with Gasteiger partial charge in [0.05, 0.1) is 29.9 Å². The van der Waals surface area contributed by atoms with Crippen LogP contribution in [0.5, 0.6) is 5.88 Å². The molecule has 182 valence electrons. The molecule has 0 saturated carbocycles. The van der Waals surface area contributed by atoms with Gasteiger partial charge in [-0.1, -0.05) is 0 Å². The maximum atomic E-state index is 14.8. The Morgan fingerprint density at radius 2 is 1.97 bits per heavy atom. The fourth-order valence-corrected chi connectivity index (χ4v) is 3.69. The van der Waals surface area contributed by atoms with E-state index in [1.165, 1.54) is 27.9 Å². The van der Waals surface area contributed by atoms with Gasteiger partial charge >= 0.3 is 17.8 Å². The van der Waals surface area contributed by atoms with Gasteiger partial charge in [0.15, 0.2) is 11.8 Å². The number of hydrogen-bond donors (Lipinski definition) is 2. The molecule has 4 aromatic rings. The van der Waals surface area contributed by atoms with E-state index in [-0.39, 0.29) is 35.0 Å². The summed E-state index contributed by atoms with van der Waals surface area (Å²) in [5.41, 5.74) is -1.98. The quantitative estimate of drug-likeness (QED) is 0.416. The Kier molecular flexibility index (Phi) is 5.07. The van der Waals surface area contributed by atoms with Crippen LogP contribution in [-0.2, 0) is 6.18 Å². The number of ether oxygens (including phenoxy) is 1. The molecule has 35 heavy (non-hydrogen) atoms. The lowest BCUT2D eigenvalue weighted by molar-refractivity contribution is -0.137. The van der Waals surface area contributed by atoms with Crippen molar-refractivity contribution in [1.82, 2.24) is 29.5 Å². The van der Waals surface area contributed by atoms with Crippen LogP contribution in [0.25, 0.3) is 16.9 Å². The lowest BCUT2D eigenvalue weighted by Crippen LogP contribution is -2.36. The summed E-state index contributed by atoms with van der Waals surface area (Å²) in [6.07, 6.45) is -1.85. The zero-order chi connectivity index (χ0) is 25.0. The van der Waals surface area contributed by atoms with E-state index in [1.54, 1.807) is 0 Å². The van der Waals surface area contributed by atoms with E-state index in [2.05, 4.69) is 25.0 Å². The zero-order valence-corrected chi connectivity index (χ0v) is 17.4. The Bertz CT molecular complexity index is 1510. The molecule has 5 rings (SSSR count). The first-order valence-corrected chi connectivity index (χ1v) is 10.0. The van der Waals surface area contributed by atoms with Crippen LogP contribution in [0.1, 0.15) is 5.56 Å². The van der Waals surface area contributed by atoms with Gasteiger partial charge < -0.3 is 14.6 Å². The van der Waals surface area contributed by atoms with Crippen LogP contribution in [0.2, 0.25) is 0 Å². The molecule has 10 nitrogen and oxygen atoms in total. The first kappa shape index (κ1) is 22.5. The summed E-state index contributed by atoms with van der Waals surface area (Å²) in [7, 11) is 0. The highest BCUT2D eigenvalue weighted by atomic mass is 19.4. The average molecular weight is 495 g/mol. The highest BCUT2D eigenvalue weighted by Gasteiger charge is 2.51. The van der Waals surface area contributed by atoms with E-state index in [9.17, 15) is 31.5 Å². The molecule has 1 unspecified atom stereocenters. The molecule has 0 bridgehead atoms. The number of fused-ring (bicyclic) bond motifs is 1. The third-order valence-electron chi connectivity index (χ3n) is 5.36. The van der Waals surface area contributed by atoms with Gasteiger partial charge in [0.1, 0.15) is 5.69 Å². The topological polar surface area (TPSA) is 121 Å². The van der Waals surface area contributed by atoms with Crippen molar-refractivity contribution >= 4 is 11.3 Å². The van der Waals surface area contributed by atoms with E-state index >= 15 is 0 Å². The van der Waals surface area contributed by atoms with E-state index in [0.29, 0.717) is 12.3 Å². The SMILES string of the molecule is O=c1[nH]cc(-c2cc(N3CC(Oc4ccc(C(F)(F)F)cn4)C(F)(F)C3)c3nccn3n2)c(=O)[nH]1. The van der Waals surface area contributed by atoms with Gasteiger partial charge in [0, 0.05) is 30.9 Å². The molecule has 0 radical (unpaired) electrons. The van der Waals surface area contributed by atoms with Crippen molar-refractivity contribution in [3.05, 3.63) is 69.4 Å². The van der Waals surface area contributed by atoms with Gasteiger partial charge in [0.25, 0.3) is 5.56 Å². The molecule has 2 N–H and O–H groups in total. The number of H-pyrrole nitrogens is 2. The Balaban J connectivity index is 1.47. The highest BCUT2D eigenvalue weighted by molar-refractivity contribution is 5.74. The van der Waals surface area contributed by atoms with Gasteiger partial charge in [-0.2, -0.15) is 18.3 Å². The minimum atomic E-state index is -4.62. The van der Waals surface area contributed by atoms with Crippen LogP contribution in [-0.4, -0.2) is 54.7 Å². The molecule has 0 aromatic carbocycles. The maximum absolute atomic E-state index is 14.8. The summed E-state index contributed by atoms with van der Waals surface area (Å²) < 4.78 is 74.4. The molecule has 15 heteroatoms. The first-order valence-electron chi connectivity index (χ1n) is 10.0. The lowest BCUT2D eigenvalue weighted by Gasteiger charge is -2.19. The van der Waals surface area contributed by atoms with Gasteiger partial charge in [-0.15, -0.1) is 0 Å². The lowest BCUT2D eigenvalue weighted by atomic mass is 10.2. The number of aromatic amines is 2. The second-order valence-corrected chi connectivity index (χ2v) is 7.73. The van der Waals surface area contributed by atoms with Crippen molar-refractivity contribution in [2.24, 2.45) is 0 Å². The van der Waals surface area contributed by atoms with Crippen LogP contribution in [0.3, 0.4) is 0 Å². The number of nitrogens with one attached hydrogen (secondary N) is 2. The van der Waals surface area contributed by atoms with E-state index in [4.69, 9.17) is 4.74 Å². The van der Waals surface area contributed by atoms with Gasteiger partial charge in [-0.25, -0.2) is 28.1 Å². The van der Waals surface area contributed by atoms with Crippen molar-refractivity contribution < 1.29 is 26.7 Å². The smallest absolute Gasteiger partial charge is 0.417 e. The van der Waals surface area contributed by atoms with Gasteiger partial charge in [0.2, 0.25) is 5.88 Å². The highest BCUT2D eigenvalue weighted by Crippen LogP contribution is 2.36. The Morgan fingerprint density at radius 3 is 2.66 bits per heavy atom. The Labute approximate surface area is 191 Å². The predicted molar refractivity (Wildman–Crippen MR) is 110 cm³/mol. The largest absolute Gasteiger partial charge is 0.466 e. The normalized spacial score (nSPS) is 17.7. The maximum Gasteiger partial charge on any atom is 0.417 e. The molecule has 0 spiro atoms. The van der Waals surface area contributed by atoms with Crippen molar-refractivity contribution in [3.63, 3.8) is 0 Å². The van der Waals surface area contributed by atoms with E-state index in [0.717, 1.165) is 12.3 Å². The number of hydrogen-bond acceptors (Lipinski definition) is 7. The van der Waals surface area contributed by atoms with Gasteiger partial charge in [-0.3, -0.25) is 9.78 Å². The second-order valence-electron chi connectivity index (χ2n) is 7.73. The molecule has 0 amide bonds. The summed E-state index contributed by atoms with van der Waals surface area (Å²) >= 11 is 0. The molecule has 5 heterocycles. The van der Waals surface area contributed by atoms with Crippen LogP contribution in [0.15, 0.2) is 52.6 Å². The number of halogens is 5. The summed E-state index contributed by atoms with van der Waals surface area (Å²) in [5.74, 6) is -3.78. The van der Waals surface area contributed by atoms with Crippen LogP contribution < -0.4 is 20.9 Å². The van der Waals surface area contributed by atoms with Crippen LogP contribution in [0, 0.1) is 0 Å². The van der Waals surface area contributed by atoms with E-state index < -0.39 is 41.6 Å². The number of imidazole rings is 1. The second kappa shape index (κ2) is 7.89. The molecule has 0 aliphatic carbocycles. The zero-order valence-electron chi connectivity index (χ0n) is 17.4. The summed E-state index contributed by atoms with van der Waals surface area (Å²) in [6, 6.07) is 2.94. The van der Waals surface area contributed by atoms with Crippen molar-refractivity contribution in [2.45, 2.75) is 18.2 Å². The number of pyridine rings is 1. The molecule has 1 aliphatic rings. The summed E-state index contributed by atoms with van der Waals surface area (Å²) in [5, 5.41) is 4.24. The third-order valence-corrected chi connectivity index (χ3v) is 5.36. The molecule has 1 saturated heterocycles. The minimum Gasteiger partial charge on any atom is -0.466 e. The molecule has 1 atom stereocenters. The van der Waals surface area contributed by atoms with E-state index in [1.807, 2.05) is 0 Å². The van der Waals surface area contributed by atoms with Gasteiger partial charge in [-0.05, 0) is 12.1 Å². The average Bonchev–Trinajstić information content (AvgIpc) is 3.37. The molecule has 1 fully saturated rings. The minimum absolute atomic E-state index is 0.00541. The predicted octanol–water partition coefficient (Wildman–Crippen LogP) is 2.09. The van der Waals surface area contributed by atoms with Crippen LogP contribution in [0.4, 0.5) is 27.6 Å². The molecule has 1 aliphatic heterocycles. The Morgan fingerprint density at radius 1 is 1.17 bits per heavy atom. The molecular weight excluding hydrogens is 481 g/mol. The molecule has 4 aromatic heterocycles. The monoisotopic (exact) mass is 495 g/mol. The number of rotatable bonds is 4. The fraction of sp³-hybridized carbons (Fsp3) is 0.250. The number of nitrogens with zero attached hydrogens (tertiary/aromatic N) is 5. The fourth-order valence-electron chi connectivity index (χ4n) is 3.69. The standard InChI is InChI=1S/C20H14F5N7O3/c21-19(22)9-31(8-14(19)35-15-2-1-10(6-27-15)20(23,24)25)13-5-12(30-32-4-3-26-16(13)32)11-7-28-18(34)29-17(11)33/h1-7,14H,8-9H2,(H2,28,29,33,34). The van der Waals surface area contributed by atoms with Crippen molar-refractivity contribution in [3.8, 4) is 17.1 Å². The number of aromatic nitrogens is 6. The first-order chi connectivity index (χ1) is 16.5. The summed E-state index contributed by atoms with van der Waals surface area (Å²) in [6.45, 7) is -1.16. The van der Waals surface area contributed by atoms with Crippen molar-refractivity contribution in [1.29, 1.82) is 0 Å². The Hall–Kier alpha value is -4.30. The third kappa shape index (κ3) is 4.20. The summed E-state index contributed by atoms with van der Waals surface area (Å²) in [4.78, 5) is 36.8. The van der Waals surface area contributed by atoms with Crippen molar-refractivity contribution in [2.75, 3.05) is 18.0 Å². The van der Waals surface area contributed by atoms with Crippen LogP contribution >= 0.6 is 0 Å². The molecular formula is C20H14F5N7O3. The number of anilines is 1. The number of alkyl halides is 5.